The Morgan fingerprint density at radius 3 is 2.88 bits per heavy atom. The number of amides is 1. The number of benzene rings is 1. The molecule has 126 valence electrons. The van der Waals surface area contributed by atoms with Gasteiger partial charge in [-0.3, -0.25) is 9.79 Å². The van der Waals surface area contributed by atoms with Crippen molar-refractivity contribution in [2.24, 2.45) is 4.99 Å². The molecule has 1 unspecified atom stereocenters. The third-order valence-corrected chi connectivity index (χ3v) is 3.73. The Morgan fingerprint density at radius 2 is 2.21 bits per heavy atom. The fourth-order valence-corrected chi connectivity index (χ4v) is 2.62. The number of rotatable bonds is 4. The van der Waals surface area contributed by atoms with Gasteiger partial charge in [-0.25, -0.2) is 0 Å². The van der Waals surface area contributed by atoms with Gasteiger partial charge in [0.1, 0.15) is 0 Å². The van der Waals surface area contributed by atoms with Crippen molar-refractivity contribution in [3.8, 4) is 0 Å². The molecule has 0 radical (unpaired) electrons. The van der Waals surface area contributed by atoms with Crippen LogP contribution in [0.1, 0.15) is 18.1 Å². The summed E-state index contributed by atoms with van der Waals surface area (Å²) in [5.41, 5.74) is 0.913. The van der Waals surface area contributed by atoms with Crippen molar-refractivity contribution in [2.75, 3.05) is 18.5 Å². The van der Waals surface area contributed by atoms with E-state index in [1.165, 1.54) is 0 Å². The Hall–Kier alpha value is -2.90. The quantitative estimate of drug-likeness (QED) is 0.638. The maximum Gasteiger partial charge on any atom is 0.246 e. The van der Waals surface area contributed by atoms with E-state index in [2.05, 4.69) is 25.8 Å². The first-order chi connectivity index (χ1) is 11.7. The fraction of sp³-hybridized carbons (Fsp3) is 0.375. The molecule has 0 aliphatic carbocycles. The maximum absolute atomic E-state index is 12.2. The lowest BCUT2D eigenvalue weighted by Gasteiger charge is -2.18. The summed E-state index contributed by atoms with van der Waals surface area (Å²) in [5, 5.41) is 10.1. The molecule has 1 saturated heterocycles. The number of nitrogens with one attached hydrogen (secondary N) is 2. The number of hydrogen-bond acceptors (Lipinski definition) is 5. The standard InChI is InChI=1S/C16H20N6O2/c1-11-19-14(24-21-11)9-18-16(17-2)20-12-8-15(23)22(10-12)13-6-4-3-5-7-13/h3-7,12H,8-10H2,1-2H3,(H2,17,18,20). The molecule has 0 spiro atoms. The molecule has 1 aromatic carbocycles. The van der Waals surface area contributed by atoms with Gasteiger partial charge in [-0.15, -0.1) is 0 Å². The van der Waals surface area contributed by atoms with Crippen LogP contribution in [0, 0.1) is 6.92 Å². The molecule has 2 aromatic rings. The predicted molar refractivity (Wildman–Crippen MR) is 89.6 cm³/mol. The zero-order valence-electron chi connectivity index (χ0n) is 13.7. The number of guanidine groups is 1. The zero-order chi connectivity index (χ0) is 16.9. The van der Waals surface area contributed by atoms with E-state index in [-0.39, 0.29) is 11.9 Å². The monoisotopic (exact) mass is 328 g/mol. The SMILES string of the molecule is CN=C(NCc1nc(C)no1)NC1CC(=O)N(c2ccccc2)C1. The molecule has 1 aromatic heterocycles. The van der Waals surface area contributed by atoms with Gasteiger partial charge in [-0.05, 0) is 19.1 Å². The molecule has 1 atom stereocenters. The highest BCUT2D eigenvalue weighted by molar-refractivity contribution is 5.97. The molecule has 1 fully saturated rings. The van der Waals surface area contributed by atoms with Crippen molar-refractivity contribution in [3.05, 3.63) is 42.0 Å². The van der Waals surface area contributed by atoms with Gasteiger partial charge in [-0.2, -0.15) is 4.98 Å². The number of nitrogens with zero attached hydrogens (tertiary/aromatic N) is 4. The summed E-state index contributed by atoms with van der Waals surface area (Å²) in [6, 6.07) is 9.65. The molecule has 0 saturated carbocycles. The third-order valence-electron chi connectivity index (χ3n) is 3.73. The van der Waals surface area contributed by atoms with Gasteiger partial charge < -0.3 is 20.1 Å². The summed E-state index contributed by atoms with van der Waals surface area (Å²) in [6.45, 7) is 2.75. The van der Waals surface area contributed by atoms with Crippen LogP contribution in [-0.4, -0.2) is 41.6 Å². The zero-order valence-corrected chi connectivity index (χ0v) is 13.7. The van der Waals surface area contributed by atoms with Crippen LogP contribution in [0.4, 0.5) is 5.69 Å². The Balaban J connectivity index is 1.56. The van der Waals surface area contributed by atoms with Crippen LogP contribution in [-0.2, 0) is 11.3 Å². The molecule has 3 rings (SSSR count). The smallest absolute Gasteiger partial charge is 0.246 e. The number of hydrogen-bond donors (Lipinski definition) is 2. The molecule has 1 aliphatic rings. The van der Waals surface area contributed by atoms with Gasteiger partial charge in [0, 0.05) is 25.7 Å². The van der Waals surface area contributed by atoms with Gasteiger partial charge in [0.15, 0.2) is 11.8 Å². The maximum atomic E-state index is 12.2. The molecule has 8 heteroatoms. The molecule has 2 heterocycles. The van der Waals surface area contributed by atoms with Gasteiger partial charge >= 0.3 is 0 Å². The summed E-state index contributed by atoms with van der Waals surface area (Å²) in [6.07, 6.45) is 0.426. The number of anilines is 1. The minimum atomic E-state index is -0.00618. The molecule has 24 heavy (non-hydrogen) atoms. The number of aromatic nitrogens is 2. The Bertz CT molecular complexity index is 727. The lowest BCUT2D eigenvalue weighted by molar-refractivity contribution is -0.117. The first-order valence-electron chi connectivity index (χ1n) is 7.77. The van der Waals surface area contributed by atoms with Gasteiger partial charge in [0.25, 0.3) is 0 Å². The van der Waals surface area contributed by atoms with E-state index >= 15 is 0 Å². The van der Waals surface area contributed by atoms with Crippen LogP contribution in [0.25, 0.3) is 0 Å². The Kier molecular flexibility index (Phi) is 4.74. The molecular weight excluding hydrogens is 308 g/mol. The molecule has 1 amide bonds. The van der Waals surface area contributed by atoms with Crippen LogP contribution in [0.2, 0.25) is 0 Å². The average Bonchev–Trinajstić information content (AvgIpc) is 3.17. The highest BCUT2D eigenvalue weighted by Gasteiger charge is 2.31. The first-order valence-corrected chi connectivity index (χ1v) is 7.77. The lowest BCUT2D eigenvalue weighted by Crippen LogP contribution is -2.44. The van der Waals surface area contributed by atoms with E-state index < -0.39 is 0 Å². The van der Waals surface area contributed by atoms with Gasteiger partial charge in [0.05, 0.1) is 12.6 Å². The van der Waals surface area contributed by atoms with Crippen molar-refractivity contribution in [1.29, 1.82) is 0 Å². The van der Waals surface area contributed by atoms with E-state index in [9.17, 15) is 4.79 Å². The minimum Gasteiger partial charge on any atom is -0.351 e. The second-order valence-corrected chi connectivity index (χ2v) is 5.55. The van der Waals surface area contributed by atoms with Crippen LogP contribution in [0.15, 0.2) is 39.8 Å². The Morgan fingerprint density at radius 1 is 1.42 bits per heavy atom. The van der Waals surface area contributed by atoms with Gasteiger partial charge in [-0.1, -0.05) is 23.4 Å². The highest BCUT2D eigenvalue weighted by Crippen LogP contribution is 2.20. The van der Waals surface area contributed by atoms with Crippen LogP contribution >= 0.6 is 0 Å². The van der Waals surface area contributed by atoms with Crippen LogP contribution in [0.3, 0.4) is 0 Å². The van der Waals surface area contributed by atoms with Crippen LogP contribution < -0.4 is 15.5 Å². The lowest BCUT2D eigenvalue weighted by atomic mass is 10.2. The van der Waals surface area contributed by atoms with Crippen molar-refractivity contribution >= 4 is 17.6 Å². The molecule has 1 aliphatic heterocycles. The van der Waals surface area contributed by atoms with E-state index in [0.29, 0.717) is 37.2 Å². The number of carbonyl (C=O) groups is 1. The fourth-order valence-electron chi connectivity index (χ4n) is 2.62. The van der Waals surface area contributed by atoms with Crippen LogP contribution in [0.5, 0.6) is 0 Å². The largest absolute Gasteiger partial charge is 0.351 e. The number of aliphatic imine (C=N–C) groups is 1. The highest BCUT2D eigenvalue weighted by atomic mass is 16.5. The minimum absolute atomic E-state index is 0.00618. The number of carbonyl (C=O) groups excluding carboxylic acids is 1. The third kappa shape index (κ3) is 3.70. The first kappa shape index (κ1) is 16.0. The van der Waals surface area contributed by atoms with Gasteiger partial charge in [0.2, 0.25) is 11.8 Å². The second-order valence-electron chi connectivity index (χ2n) is 5.55. The van der Waals surface area contributed by atoms with Crippen molar-refractivity contribution in [2.45, 2.75) is 25.9 Å². The molecule has 0 bridgehead atoms. The molecule has 8 nitrogen and oxygen atoms in total. The summed E-state index contributed by atoms with van der Waals surface area (Å²) in [4.78, 5) is 22.3. The van der Waals surface area contributed by atoms with Crippen molar-refractivity contribution in [1.82, 2.24) is 20.8 Å². The van der Waals surface area contributed by atoms with Crippen molar-refractivity contribution in [3.63, 3.8) is 0 Å². The summed E-state index contributed by atoms with van der Waals surface area (Å²) < 4.78 is 5.05. The average molecular weight is 328 g/mol. The van der Waals surface area contributed by atoms with Crippen molar-refractivity contribution < 1.29 is 9.32 Å². The summed E-state index contributed by atoms with van der Waals surface area (Å²) in [5.74, 6) is 1.78. The van der Waals surface area contributed by atoms with E-state index in [4.69, 9.17) is 4.52 Å². The Labute approximate surface area is 140 Å². The summed E-state index contributed by atoms with van der Waals surface area (Å²) in [7, 11) is 1.68. The normalized spacial score (nSPS) is 18.1. The molecular formula is C16H20N6O2. The number of para-hydroxylation sites is 1. The van der Waals surface area contributed by atoms with E-state index in [1.54, 1.807) is 18.9 Å². The number of aryl methyl sites for hydroxylation is 1. The summed E-state index contributed by atoms with van der Waals surface area (Å²) >= 11 is 0. The van der Waals surface area contributed by atoms with E-state index in [1.807, 2.05) is 30.3 Å². The topological polar surface area (TPSA) is 95.6 Å². The molecule has 2 N–H and O–H groups in total. The van der Waals surface area contributed by atoms with E-state index in [0.717, 1.165) is 5.69 Å². The predicted octanol–water partition coefficient (Wildman–Crippen LogP) is 0.849. The second kappa shape index (κ2) is 7.12.